The second kappa shape index (κ2) is 6.94. The lowest BCUT2D eigenvalue weighted by atomic mass is 10.1. The molecule has 6 heteroatoms. The first-order valence-corrected chi connectivity index (χ1v) is 9.86. The van der Waals surface area contributed by atoms with Crippen LogP contribution in [0.5, 0.6) is 0 Å². The van der Waals surface area contributed by atoms with Crippen LogP contribution >= 0.6 is 27.3 Å². The van der Waals surface area contributed by atoms with E-state index in [1.165, 1.54) is 12.5 Å². The maximum Gasteiger partial charge on any atom is 0.141 e. The largest absolute Gasteiger partial charge is 0.376 e. The molecule has 1 saturated heterocycles. The molecular formula is C18H18BrFN2OS. The molecular weight excluding hydrogens is 391 g/mol. The highest BCUT2D eigenvalue weighted by Gasteiger charge is 2.20. The van der Waals surface area contributed by atoms with Crippen LogP contribution in [-0.2, 0) is 17.7 Å². The van der Waals surface area contributed by atoms with E-state index < -0.39 is 0 Å². The SMILES string of the molecule is Fc1cc(Br)ccc1Cc1nc2sccc2n1C[C@@H]1CCCCO1. The minimum atomic E-state index is -0.198. The van der Waals surface area contributed by atoms with Crippen molar-refractivity contribution >= 4 is 37.6 Å². The van der Waals surface area contributed by atoms with Crippen LogP contribution in [0.3, 0.4) is 0 Å². The summed E-state index contributed by atoms with van der Waals surface area (Å²) in [6.45, 7) is 1.63. The van der Waals surface area contributed by atoms with Crippen LogP contribution in [0, 0.1) is 5.82 Å². The van der Waals surface area contributed by atoms with Gasteiger partial charge in [0.25, 0.3) is 0 Å². The summed E-state index contributed by atoms with van der Waals surface area (Å²) in [5.41, 5.74) is 1.79. The summed E-state index contributed by atoms with van der Waals surface area (Å²) in [7, 11) is 0. The van der Waals surface area contributed by atoms with Gasteiger partial charge in [-0.25, -0.2) is 9.37 Å². The summed E-state index contributed by atoms with van der Waals surface area (Å²) < 4.78 is 23.1. The van der Waals surface area contributed by atoms with Gasteiger partial charge in [-0.2, -0.15) is 0 Å². The highest BCUT2D eigenvalue weighted by atomic mass is 79.9. The number of nitrogens with zero attached hydrogens (tertiary/aromatic N) is 2. The molecule has 0 amide bonds. The van der Waals surface area contributed by atoms with E-state index in [0.29, 0.717) is 12.0 Å². The Kier molecular flexibility index (Phi) is 4.70. The lowest BCUT2D eigenvalue weighted by molar-refractivity contribution is 0.00623. The monoisotopic (exact) mass is 408 g/mol. The molecule has 3 nitrogen and oxygen atoms in total. The molecule has 1 atom stereocenters. The van der Waals surface area contributed by atoms with Crippen LogP contribution in [0.2, 0.25) is 0 Å². The average Bonchev–Trinajstić information content (AvgIpc) is 3.14. The predicted molar refractivity (Wildman–Crippen MR) is 98.1 cm³/mol. The Morgan fingerprint density at radius 1 is 1.33 bits per heavy atom. The first kappa shape index (κ1) is 16.2. The van der Waals surface area contributed by atoms with Crippen molar-refractivity contribution < 1.29 is 9.13 Å². The number of thiophene rings is 1. The second-order valence-corrected chi connectivity index (χ2v) is 7.96. The third-order valence-corrected chi connectivity index (χ3v) is 5.77. The number of imidazole rings is 1. The van der Waals surface area contributed by atoms with Crippen molar-refractivity contribution in [3.05, 3.63) is 51.3 Å². The van der Waals surface area contributed by atoms with E-state index in [9.17, 15) is 4.39 Å². The maximum atomic E-state index is 14.2. The van der Waals surface area contributed by atoms with Gasteiger partial charge in [-0.15, -0.1) is 11.3 Å². The van der Waals surface area contributed by atoms with E-state index in [-0.39, 0.29) is 11.9 Å². The standard InChI is InChI=1S/C18H18BrFN2OS/c19-13-5-4-12(15(20)10-13)9-17-21-18-16(6-8-24-18)22(17)11-14-3-1-2-7-23-14/h4-6,8,10,14H,1-3,7,9,11H2/t14-/m0/s1. The number of hydrogen-bond acceptors (Lipinski definition) is 3. The Labute approximate surface area is 152 Å². The minimum absolute atomic E-state index is 0.198. The Morgan fingerprint density at radius 2 is 2.25 bits per heavy atom. The van der Waals surface area contributed by atoms with Crippen molar-refractivity contribution in [3.63, 3.8) is 0 Å². The average molecular weight is 409 g/mol. The lowest BCUT2D eigenvalue weighted by Crippen LogP contribution is -2.25. The molecule has 0 radical (unpaired) electrons. The molecule has 0 unspecified atom stereocenters. The highest BCUT2D eigenvalue weighted by molar-refractivity contribution is 9.10. The number of rotatable bonds is 4. The minimum Gasteiger partial charge on any atom is -0.376 e. The quantitative estimate of drug-likeness (QED) is 0.595. The van der Waals surface area contributed by atoms with Crippen LogP contribution in [-0.4, -0.2) is 22.3 Å². The Balaban J connectivity index is 1.66. The molecule has 3 aromatic rings. The lowest BCUT2D eigenvalue weighted by Gasteiger charge is -2.24. The Hall–Kier alpha value is -1.24. The zero-order chi connectivity index (χ0) is 16.5. The number of ether oxygens (including phenoxy) is 1. The van der Waals surface area contributed by atoms with Gasteiger partial charge in [-0.05, 0) is 48.4 Å². The summed E-state index contributed by atoms with van der Waals surface area (Å²) in [5.74, 6) is 0.712. The van der Waals surface area contributed by atoms with E-state index in [1.807, 2.05) is 12.1 Å². The van der Waals surface area contributed by atoms with E-state index in [2.05, 4.69) is 31.9 Å². The van der Waals surface area contributed by atoms with E-state index in [0.717, 1.165) is 46.6 Å². The molecule has 24 heavy (non-hydrogen) atoms. The smallest absolute Gasteiger partial charge is 0.141 e. The molecule has 0 spiro atoms. The first-order chi connectivity index (χ1) is 11.7. The fraction of sp³-hybridized carbons (Fsp3) is 0.389. The second-order valence-electron chi connectivity index (χ2n) is 6.15. The topological polar surface area (TPSA) is 27.1 Å². The van der Waals surface area contributed by atoms with Gasteiger partial charge < -0.3 is 9.30 Å². The predicted octanol–water partition coefficient (Wildman–Crippen LogP) is 5.16. The van der Waals surface area contributed by atoms with Crippen LogP contribution in [0.4, 0.5) is 4.39 Å². The zero-order valence-corrected chi connectivity index (χ0v) is 15.6. The van der Waals surface area contributed by atoms with Crippen LogP contribution in [0.25, 0.3) is 10.3 Å². The first-order valence-electron chi connectivity index (χ1n) is 8.19. The van der Waals surface area contributed by atoms with Crippen molar-refractivity contribution in [2.75, 3.05) is 6.61 Å². The van der Waals surface area contributed by atoms with E-state index in [4.69, 9.17) is 9.72 Å². The number of aromatic nitrogens is 2. The Morgan fingerprint density at radius 3 is 3.04 bits per heavy atom. The fourth-order valence-electron chi connectivity index (χ4n) is 3.23. The molecule has 1 aliphatic rings. The third-order valence-electron chi connectivity index (χ3n) is 4.48. The van der Waals surface area contributed by atoms with Crippen LogP contribution < -0.4 is 0 Å². The highest BCUT2D eigenvalue weighted by Crippen LogP contribution is 2.26. The number of fused-ring (bicyclic) bond motifs is 1. The van der Waals surface area contributed by atoms with E-state index in [1.54, 1.807) is 11.3 Å². The molecule has 3 heterocycles. The fourth-order valence-corrected chi connectivity index (χ4v) is 4.35. The third kappa shape index (κ3) is 3.27. The van der Waals surface area contributed by atoms with E-state index >= 15 is 0 Å². The van der Waals surface area contributed by atoms with Gasteiger partial charge in [0.05, 0.1) is 18.2 Å². The molecule has 4 rings (SSSR count). The summed E-state index contributed by atoms with van der Waals surface area (Å²) in [6, 6.07) is 7.30. The van der Waals surface area contributed by atoms with Gasteiger partial charge >= 0.3 is 0 Å². The summed E-state index contributed by atoms with van der Waals surface area (Å²) >= 11 is 4.94. The number of benzene rings is 1. The molecule has 0 aliphatic carbocycles. The van der Waals surface area contributed by atoms with Crippen molar-refractivity contribution in [1.82, 2.24) is 9.55 Å². The summed E-state index contributed by atoms with van der Waals surface area (Å²) in [5, 5.41) is 2.06. The van der Waals surface area contributed by atoms with Gasteiger partial charge in [0, 0.05) is 17.5 Å². The van der Waals surface area contributed by atoms with Gasteiger partial charge in [0.15, 0.2) is 0 Å². The molecule has 0 saturated carbocycles. The summed E-state index contributed by atoms with van der Waals surface area (Å²) in [4.78, 5) is 5.76. The Bertz CT molecular complexity index is 854. The molecule has 0 bridgehead atoms. The maximum absolute atomic E-state index is 14.2. The number of halogens is 2. The van der Waals surface area contributed by atoms with Crippen molar-refractivity contribution in [1.29, 1.82) is 0 Å². The zero-order valence-electron chi connectivity index (χ0n) is 13.2. The molecule has 1 aromatic carbocycles. The van der Waals surface area contributed by atoms with Gasteiger partial charge in [0.2, 0.25) is 0 Å². The van der Waals surface area contributed by atoms with Crippen molar-refractivity contribution in [2.24, 2.45) is 0 Å². The normalized spacial score (nSPS) is 18.3. The molecule has 2 aromatic heterocycles. The van der Waals surface area contributed by atoms with Crippen LogP contribution in [0.1, 0.15) is 30.7 Å². The summed E-state index contributed by atoms with van der Waals surface area (Å²) in [6.07, 6.45) is 4.15. The van der Waals surface area contributed by atoms with Gasteiger partial charge in [-0.3, -0.25) is 0 Å². The molecule has 0 N–H and O–H groups in total. The molecule has 1 aliphatic heterocycles. The molecule has 126 valence electrons. The van der Waals surface area contributed by atoms with Crippen molar-refractivity contribution in [2.45, 2.75) is 38.3 Å². The number of hydrogen-bond donors (Lipinski definition) is 0. The van der Waals surface area contributed by atoms with Crippen LogP contribution in [0.15, 0.2) is 34.1 Å². The van der Waals surface area contributed by atoms with Gasteiger partial charge in [-0.1, -0.05) is 22.0 Å². The molecule has 1 fully saturated rings. The van der Waals surface area contributed by atoms with Gasteiger partial charge in [0.1, 0.15) is 16.5 Å². The van der Waals surface area contributed by atoms with Crippen molar-refractivity contribution in [3.8, 4) is 0 Å².